The van der Waals surface area contributed by atoms with Crippen LogP contribution >= 0.6 is 0 Å². The first-order valence-electron chi connectivity index (χ1n) is 10.9. The van der Waals surface area contributed by atoms with Gasteiger partial charge < -0.3 is 19.7 Å². The summed E-state index contributed by atoms with van der Waals surface area (Å²) in [5.41, 5.74) is 2.46. The van der Waals surface area contributed by atoms with E-state index in [1.54, 1.807) is 24.0 Å². The highest BCUT2D eigenvalue weighted by Crippen LogP contribution is 2.46. The summed E-state index contributed by atoms with van der Waals surface area (Å²) in [5.74, 6) is 2.39. The standard InChI is InChI=1S/C24H26N6O3/c1-24(2,3)33-23(31)28-21-18-12-29(13-19(18)21)20-6-5-14(9-26-20)17-7-16(32-4)11-30-22(17)15(8-25)10-27-30/h5-7,9-11,18-19,21H,12-13H2,1-4H3,(H,28,31)/t18-,19+,21?. The molecule has 9 heteroatoms. The van der Waals surface area contributed by atoms with E-state index in [4.69, 9.17) is 9.47 Å². The molecule has 1 saturated carbocycles. The monoisotopic (exact) mass is 446 g/mol. The Morgan fingerprint density at radius 3 is 2.61 bits per heavy atom. The molecule has 3 aromatic heterocycles. The molecule has 1 saturated heterocycles. The number of carbonyl (C=O) groups excluding carboxylic acids is 1. The summed E-state index contributed by atoms with van der Waals surface area (Å²) in [5, 5.41) is 16.7. The molecule has 2 fully saturated rings. The van der Waals surface area contributed by atoms with Crippen molar-refractivity contribution in [1.29, 1.82) is 5.26 Å². The SMILES string of the molecule is COc1cc(-c2ccc(N3C[C@@H]4C(NC(=O)OC(C)(C)C)[C@@H]4C3)nc2)c2c(C#N)cnn2c1. The molecule has 1 N–H and O–H groups in total. The van der Waals surface area contributed by atoms with Crippen LogP contribution in [0.4, 0.5) is 10.6 Å². The highest BCUT2D eigenvalue weighted by Gasteiger charge is 2.57. The van der Waals surface area contributed by atoms with Crippen LogP contribution in [-0.2, 0) is 4.74 Å². The number of nitrogens with one attached hydrogen (secondary N) is 1. The normalized spacial score (nSPS) is 21.4. The van der Waals surface area contributed by atoms with Gasteiger partial charge in [-0.15, -0.1) is 0 Å². The smallest absolute Gasteiger partial charge is 0.407 e. The second-order valence-corrected chi connectivity index (χ2v) is 9.57. The van der Waals surface area contributed by atoms with Gasteiger partial charge >= 0.3 is 6.09 Å². The van der Waals surface area contributed by atoms with Crippen molar-refractivity contribution in [3.63, 3.8) is 0 Å². The maximum atomic E-state index is 12.0. The Hall–Kier alpha value is -3.80. The molecule has 3 aromatic rings. The fourth-order valence-corrected chi connectivity index (χ4v) is 4.61. The van der Waals surface area contributed by atoms with Gasteiger partial charge in [-0.2, -0.15) is 10.4 Å². The van der Waals surface area contributed by atoms with Crippen molar-refractivity contribution in [3.05, 3.63) is 42.4 Å². The molecule has 1 unspecified atom stereocenters. The van der Waals surface area contributed by atoms with E-state index in [9.17, 15) is 10.1 Å². The predicted molar refractivity (Wildman–Crippen MR) is 122 cm³/mol. The summed E-state index contributed by atoms with van der Waals surface area (Å²) in [4.78, 5) is 19.0. The summed E-state index contributed by atoms with van der Waals surface area (Å²) in [6.07, 6.45) is 4.77. The number of hydrogen-bond acceptors (Lipinski definition) is 7. The molecule has 0 radical (unpaired) electrons. The van der Waals surface area contributed by atoms with Crippen molar-refractivity contribution < 1.29 is 14.3 Å². The Labute approximate surface area is 191 Å². The van der Waals surface area contributed by atoms with Crippen molar-refractivity contribution in [3.8, 4) is 22.9 Å². The summed E-state index contributed by atoms with van der Waals surface area (Å²) in [6, 6.07) is 8.27. The number of pyridine rings is 2. The van der Waals surface area contributed by atoms with Crippen LogP contribution in [0.25, 0.3) is 16.6 Å². The van der Waals surface area contributed by atoms with Crippen molar-refractivity contribution in [2.75, 3.05) is 25.1 Å². The number of alkyl carbamates (subject to hydrolysis) is 1. The third-order valence-corrected chi connectivity index (χ3v) is 6.20. The zero-order valence-corrected chi connectivity index (χ0v) is 19.1. The fourth-order valence-electron chi connectivity index (χ4n) is 4.61. The number of ether oxygens (including phenoxy) is 2. The molecule has 33 heavy (non-hydrogen) atoms. The average Bonchev–Trinajstić information content (AvgIpc) is 3.12. The van der Waals surface area contributed by atoms with E-state index in [2.05, 4.69) is 26.4 Å². The molecule has 1 aliphatic heterocycles. The van der Waals surface area contributed by atoms with Crippen LogP contribution in [0.3, 0.4) is 0 Å². The van der Waals surface area contributed by atoms with Crippen molar-refractivity contribution in [2.24, 2.45) is 11.8 Å². The van der Waals surface area contributed by atoms with Crippen LogP contribution in [-0.4, -0.2) is 52.5 Å². The van der Waals surface area contributed by atoms with E-state index < -0.39 is 5.60 Å². The number of aromatic nitrogens is 3. The summed E-state index contributed by atoms with van der Waals surface area (Å²) >= 11 is 0. The number of rotatable bonds is 4. The molecule has 5 rings (SSSR count). The Morgan fingerprint density at radius 1 is 1.24 bits per heavy atom. The van der Waals surface area contributed by atoms with Gasteiger partial charge in [-0.25, -0.2) is 14.3 Å². The zero-order valence-electron chi connectivity index (χ0n) is 19.1. The van der Waals surface area contributed by atoms with E-state index >= 15 is 0 Å². The lowest BCUT2D eigenvalue weighted by Gasteiger charge is -2.23. The lowest BCUT2D eigenvalue weighted by Crippen LogP contribution is -2.38. The first-order chi connectivity index (χ1) is 15.8. The van der Waals surface area contributed by atoms with Crippen LogP contribution in [0.15, 0.2) is 36.8 Å². The molecule has 2 aliphatic rings. The number of hydrogen-bond donors (Lipinski definition) is 1. The highest BCUT2D eigenvalue weighted by atomic mass is 16.6. The Bertz CT molecular complexity index is 1240. The number of nitrogens with zero attached hydrogens (tertiary/aromatic N) is 5. The van der Waals surface area contributed by atoms with Crippen LogP contribution in [0, 0.1) is 23.2 Å². The topological polar surface area (TPSA) is 105 Å². The van der Waals surface area contributed by atoms with Crippen LogP contribution in [0.1, 0.15) is 26.3 Å². The third kappa shape index (κ3) is 3.93. The van der Waals surface area contributed by atoms with Gasteiger partial charge in [0.1, 0.15) is 23.2 Å². The van der Waals surface area contributed by atoms with Gasteiger partial charge in [-0.05, 0) is 39.0 Å². The van der Waals surface area contributed by atoms with Crippen molar-refractivity contribution >= 4 is 17.4 Å². The molecule has 0 spiro atoms. The highest BCUT2D eigenvalue weighted by molar-refractivity contribution is 5.85. The van der Waals surface area contributed by atoms with Crippen LogP contribution < -0.4 is 15.0 Å². The minimum absolute atomic E-state index is 0.173. The van der Waals surface area contributed by atoms with Gasteiger partial charge in [0.25, 0.3) is 0 Å². The summed E-state index contributed by atoms with van der Waals surface area (Å²) in [7, 11) is 1.60. The summed E-state index contributed by atoms with van der Waals surface area (Å²) in [6.45, 7) is 7.29. The number of carbonyl (C=O) groups is 1. The molecule has 4 heterocycles. The van der Waals surface area contributed by atoms with Gasteiger partial charge in [0, 0.05) is 48.3 Å². The second-order valence-electron chi connectivity index (χ2n) is 9.57. The number of anilines is 1. The maximum absolute atomic E-state index is 12.0. The van der Waals surface area contributed by atoms with E-state index in [1.807, 2.05) is 45.2 Å². The van der Waals surface area contributed by atoms with Crippen LogP contribution in [0.2, 0.25) is 0 Å². The van der Waals surface area contributed by atoms with E-state index in [-0.39, 0.29) is 12.1 Å². The number of piperidine rings is 1. The second kappa shape index (κ2) is 7.66. The van der Waals surface area contributed by atoms with Gasteiger partial charge in [0.15, 0.2) is 0 Å². The average molecular weight is 447 g/mol. The predicted octanol–water partition coefficient (Wildman–Crippen LogP) is 3.24. The largest absolute Gasteiger partial charge is 0.495 e. The molecule has 0 aromatic carbocycles. The van der Waals surface area contributed by atoms with E-state index in [0.717, 1.165) is 35.6 Å². The molecule has 9 nitrogen and oxygen atoms in total. The number of fused-ring (bicyclic) bond motifs is 2. The van der Waals surface area contributed by atoms with Gasteiger partial charge in [0.2, 0.25) is 0 Å². The number of methoxy groups -OCH3 is 1. The Kier molecular flexibility index (Phi) is 4.89. The molecule has 3 atom stereocenters. The number of nitriles is 1. The molecule has 1 amide bonds. The fraction of sp³-hybridized carbons (Fsp3) is 0.417. The van der Waals surface area contributed by atoms with Crippen LogP contribution in [0.5, 0.6) is 5.75 Å². The maximum Gasteiger partial charge on any atom is 0.407 e. The van der Waals surface area contributed by atoms with Gasteiger partial charge in [-0.3, -0.25) is 0 Å². The van der Waals surface area contributed by atoms with E-state index in [1.165, 1.54) is 0 Å². The minimum atomic E-state index is -0.495. The Balaban J connectivity index is 1.29. The molecular weight excluding hydrogens is 420 g/mol. The quantitative estimate of drug-likeness (QED) is 0.656. The zero-order chi connectivity index (χ0) is 23.3. The molecule has 170 valence electrons. The van der Waals surface area contributed by atoms with Gasteiger partial charge in [0.05, 0.1) is 30.6 Å². The summed E-state index contributed by atoms with van der Waals surface area (Å²) < 4.78 is 12.4. The minimum Gasteiger partial charge on any atom is -0.495 e. The van der Waals surface area contributed by atoms with Gasteiger partial charge in [-0.1, -0.05) is 0 Å². The molecular formula is C24H26N6O3. The molecule has 1 aliphatic carbocycles. The van der Waals surface area contributed by atoms with E-state index in [0.29, 0.717) is 23.1 Å². The first kappa shape index (κ1) is 21.1. The van der Waals surface area contributed by atoms with Crippen molar-refractivity contribution in [1.82, 2.24) is 19.9 Å². The first-order valence-corrected chi connectivity index (χ1v) is 10.9. The molecule has 0 bridgehead atoms. The third-order valence-electron chi connectivity index (χ3n) is 6.20. The number of amides is 1. The Morgan fingerprint density at radius 2 is 2.00 bits per heavy atom. The van der Waals surface area contributed by atoms with Crippen molar-refractivity contribution in [2.45, 2.75) is 32.4 Å². The lowest BCUT2D eigenvalue weighted by molar-refractivity contribution is 0.0518. The lowest BCUT2D eigenvalue weighted by atomic mass is 10.1.